The van der Waals surface area contributed by atoms with E-state index >= 15 is 9.59 Å². The molecule has 0 spiro atoms. The van der Waals surface area contributed by atoms with Crippen molar-refractivity contribution >= 4 is 35.8 Å². The lowest BCUT2D eigenvalue weighted by molar-refractivity contribution is -0.339. The number of benzene rings is 3. The van der Waals surface area contributed by atoms with E-state index in [4.69, 9.17) is 28.4 Å². The molecule has 0 radical (unpaired) electrons. The molecule has 16 nitrogen and oxygen atoms in total. The number of Topliss-reactive ketones (excluding diaryl/α,β-unsaturated/α-hetero) is 2. The highest BCUT2D eigenvalue weighted by Gasteiger charge is 2.76. The highest BCUT2D eigenvalue weighted by molar-refractivity contribution is 5.97. The number of aliphatic hydroxyl groups excluding tert-OH is 2. The molecule has 1 heterocycles. The minimum atomic E-state index is -2.21. The van der Waals surface area contributed by atoms with Crippen LogP contribution < -0.4 is 5.32 Å². The van der Waals surface area contributed by atoms with Crippen molar-refractivity contribution in [2.24, 2.45) is 22.7 Å². The largest absolute Gasteiger partial charge is 0.509 e. The second-order valence-corrected chi connectivity index (χ2v) is 20.1. The first-order valence-electron chi connectivity index (χ1n) is 22.8. The van der Waals surface area contributed by atoms with Crippen molar-refractivity contribution in [3.63, 3.8) is 0 Å². The van der Waals surface area contributed by atoms with Crippen LogP contribution in [0.15, 0.2) is 102 Å². The molecular weight excluding hydrogens is 879 g/mol. The lowest BCUT2D eigenvalue weighted by atomic mass is 9.42. The van der Waals surface area contributed by atoms with Gasteiger partial charge < -0.3 is 49.1 Å². The van der Waals surface area contributed by atoms with Crippen molar-refractivity contribution in [3.8, 4) is 0 Å². The Bertz CT molecular complexity index is 2430. The monoisotopic (exact) mass is 939 g/mol. The standard InChI is InChI=1S/C52H61NO15/c1-29-36(65-45(59)42(66-47(61)63-27-31-18-12-9-13-19-31)40(33-22-16-11-17-23-33)53-46(60)68-48(3,4)5)26-52(62)34(24-35(55)32-20-14-10-15-21-32)43-50(8,44(58)41(57)39(29)49(52,6)7)37(56)25-38-51(43,28-64-38)67-30(2)54/h9-23,34,36-38,40-43,56-57,62H,24-28H2,1-8H3,(H,53,60)/t34-,36-,37-,38+,40-,41+,42+,43?,50+,51-,52+/m0/s1. The average Bonchev–Trinajstić information content (AvgIpc) is 3.28. The molecule has 1 aliphatic heterocycles. The van der Waals surface area contributed by atoms with E-state index < -0.39 is 125 Å². The molecule has 11 atom stereocenters. The molecule has 3 aromatic rings. The first kappa shape index (κ1) is 50.0. The Balaban J connectivity index is 1.36. The Labute approximate surface area is 395 Å². The highest BCUT2D eigenvalue weighted by Crippen LogP contribution is 2.66. The topological polar surface area (TPSA) is 231 Å². The van der Waals surface area contributed by atoms with Crippen LogP contribution in [0.2, 0.25) is 0 Å². The molecule has 16 heteroatoms. The molecular formula is C52H61NO15. The van der Waals surface area contributed by atoms with Gasteiger partial charge in [0.25, 0.3) is 0 Å². The summed E-state index contributed by atoms with van der Waals surface area (Å²) in [6.45, 7) is 11.8. The highest BCUT2D eigenvalue weighted by atomic mass is 16.7. The third-order valence-corrected chi connectivity index (χ3v) is 14.5. The molecule has 3 aromatic carbocycles. The van der Waals surface area contributed by atoms with Gasteiger partial charge in [0.1, 0.15) is 36.6 Å². The van der Waals surface area contributed by atoms with Crippen molar-refractivity contribution in [1.82, 2.24) is 5.32 Å². The van der Waals surface area contributed by atoms with Crippen LogP contribution in [0.4, 0.5) is 9.59 Å². The molecule has 1 saturated heterocycles. The number of amides is 1. The Hall–Kier alpha value is -5.94. The van der Waals surface area contributed by atoms with Gasteiger partial charge in [-0.2, -0.15) is 0 Å². The van der Waals surface area contributed by atoms with Gasteiger partial charge in [-0.3, -0.25) is 14.4 Å². The molecule has 4 aliphatic rings. The van der Waals surface area contributed by atoms with Crippen molar-refractivity contribution < 1.29 is 72.5 Å². The van der Waals surface area contributed by atoms with Crippen molar-refractivity contribution in [2.75, 3.05) is 6.61 Å². The summed E-state index contributed by atoms with van der Waals surface area (Å²) in [7, 11) is 0. The van der Waals surface area contributed by atoms with E-state index in [-0.39, 0.29) is 36.3 Å². The van der Waals surface area contributed by atoms with E-state index in [1.807, 2.05) is 0 Å². The van der Waals surface area contributed by atoms with Crippen molar-refractivity contribution in [2.45, 2.75) is 135 Å². The fourth-order valence-electron chi connectivity index (χ4n) is 11.2. The minimum absolute atomic E-state index is 0.0298. The number of hydrogen-bond donors (Lipinski definition) is 4. The fourth-order valence-corrected chi connectivity index (χ4v) is 11.2. The van der Waals surface area contributed by atoms with Crippen LogP contribution in [-0.4, -0.2) is 105 Å². The molecule has 4 N–H and O–H groups in total. The predicted molar refractivity (Wildman–Crippen MR) is 242 cm³/mol. The van der Waals surface area contributed by atoms with Gasteiger partial charge in [0.2, 0.25) is 6.10 Å². The molecule has 1 amide bonds. The molecule has 0 aromatic heterocycles. The molecule has 1 unspecified atom stereocenters. The maximum absolute atomic E-state index is 15.3. The summed E-state index contributed by atoms with van der Waals surface area (Å²) in [6.07, 6.45) is -11.3. The van der Waals surface area contributed by atoms with Crippen LogP contribution in [0.1, 0.15) is 102 Å². The van der Waals surface area contributed by atoms with Crippen LogP contribution in [0.5, 0.6) is 0 Å². The number of carbonyl (C=O) groups excluding carboxylic acids is 6. The van der Waals surface area contributed by atoms with Gasteiger partial charge >= 0.3 is 24.2 Å². The Morgan fingerprint density at radius 1 is 0.897 bits per heavy atom. The number of aliphatic hydroxyl groups is 3. The molecule has 7 rings (SSSR count). The summed E-state index contributed by atoms with van der Waals surface area (Å²) in [6, 6.07) is 23.7. The third kappa shape index (κ3) is 9.18. The number of alkyl carbamates (subject to hydrolysis) is 1. The van der Waals surface area contributed by atoms with E-state index in [1.54, 1.807) is 126 Å². The Morgan fingerprint density at radius 2 is 1.50 bits per heavy atom. The minimum Gasteiger partial charge on any atom is -0.455 e. The average molecular weight is 940 g/mol. The molecule has 3 aliphatic carbocycles. The second kappa shape index (κ2) is 18.9. The molecule has 2 bridgehead atoms. The van der Waals surface area contributed by atoms with E-state index in [9.17, 15) is 34.5 Å². The zero-order chi connectivity index (χ0) is 49.6. The summed E-state index contributed by atoms with van der Waals surface area (Å²) in [5.41, 5.74) is -7.06. The molecule has 2 saturated carbocycles. The van der Waals surface area contributed by atoms with E-state index in [1.165, 1.54) is 20.8 Å². The maximum Gasteiger partial charge on any atom is 0.509 e. The van der Waals surface area contributed by atoms with Crippen molar-refractivity contribution in [3.05, 3.63) is 119 Å². The summed E-state index contributed by atoms with van der Waals surface area (Å²) in [5, 5.41) is 41.0. The zero-order valence-electron chi connectivity index (χ0n) is 39.6. The summed E-state index contributed by atoms with van der Waals surface area (Å²) >= 11 is 0. The summed E-state index contributed by atoms with van der Waals surface area (Å²) in [5.74, 6) is -5.99. The first-order chi connectivity index (χ1) is 31.9. The third-order valence-electron chi connectivity index (χ3n) is 14.5. The number of hydrogen-bond acceptors (Lipinski definition) is 15. The van der Waals surface area contributed by atoms with E-state index in [0.29, 0.717) is 11.1 Å². The van der Waals surface area contributed by atoms with Gasteiger partial charge in [-0.15, -0.1) is 0 Å². The fraction of sp³-hybridized carbons (Fsp3) is 0.500. The lowest BCUT2D eigenvalue weighted by Crippen LogP contribution is -2.80. The van der Waals surface area contributed by atoms with Gasteiger partial charge in [-0.05, 0) is 56.9 Å². The van der Waals surface area contributed by atoms with E-state index in [2.05, 4.69) is 5.32 Å². The summed E-state index contributed by atoms with van der Waals surface area (Å²) < 4.78 is 35.1. The Kier molecular flexibility index (Phi) is 13.9. The van der Waals surface area contributed by atoms with Crippen molar-refractivity contribution in [1.29, 1.82) is 0 Å². The van der Waals surface area contributed by atoms with Gasteiger partial charge in [0, 0.05) is 49.0 Å². The molecule has 68 heavy (non-hydrogen) atoms. The number of ether oxygens (including phenoxy) is 6. The SMILES string of the molecule is CC(=O)O[C@@]12CO[C@@H]1C[C@H](O)[C@@]1(C)C(=O)[C@H](O)C3=C(C)[C@@H](OC(=O)[C@H](OC(=O)OCc4ccccc4)[C@@H](NC(=O)OC(C)(C)C)c4ccccc4)C[C@@](O)([C@@H](CC(=O)c4ccccc4)C12)C3(C)C. The molecule has 3 fully saturated rings. The molecule has 364 valence electrons. The number of carbonyl (C=O) groups is 6. The normalized spacial score (nSPS) is 30.3. The van der Waals surface area contributed by atoms with Crippen LogP contribution in [0.3, 0.4) is 0 Å². The number of nitrogens with one attached hydrogen (secondary N) is 1. The quantitative estimate of drug-likeness (QED) is 0.0677. The van der Waals surface area contributed by atoms with Gasteiger partial charge in [0.15, 0.2) is 17.2 Å². The predicted octanol–water partition coefficient (Wildman–Crippen LogP) is 6.28. The summed E-state index contributed by atoms with van der Waals surface area (Å²) in [4.78, 5) is 85.0. The van der Waals surface area contributed by atoms with Gasteiger partial charge in [0.05, 0.1) is 23.7 Å². The first-order valence-corrected chi connectivity index (χ1v) is 22.8. The smallest absolute Gasteiger partial charge is 0.455 e. The van der Waals surface area contributed by atoms with Crippen LogP contribution >= 0.6 is 0 Å². The van der Waals surface area contributed by atoms with Gasteiger partial charge in [-0.25, -0.2) is 14.4 Å². The zero-order valence-corrected chi connectivity index (χ0v) is 39.6. The number of rotatable bonds is 12. The Morgan fingerprint density at radius 3 is 2.07 bits per heavy atom. The number of fused-ring (bicyclic) bond motifs is 5. The second-order valence-electron chi connectivity index (χ2n) is 20.1. The van der Waals surface area contributed by atoms with Crippen LogP contribution in [-0.2, 0) is 49.4 Å². The van der Waals surface area contributed by atoms with Crippen LogP contribution in [0, 0.1) is 22.7 Å². The number of esters is 2. The van der Waals surface area contributed by atoms with Gasteiger partial charge in [-0.1, -0.05) is 105 Å². The van der Waals surface area contributed by atoms with Crippen LogP contribution in [0.25, 0.3) is 0 Å². The lowest BCUT2D eigenvalue weighted by Gasteiger charge is -2.68. The maximum atomic E-state index is 15.3. The van der Waals surface area contributed by atoms with E-state index in [0.717, 1.165) is 0 Å². The number of ketones is 2.